The van der Waals surface area contributed by atoms with Crippen LogP contribution in [0.25, 0.3) is 10.1 Å². The van der Waals surface area contributed by atoms with Gasteiger partial charge in [-0.3, -0.25) is 0 Å². The summed E-state index contributed by atoms with van der Waals surface area (Å²) in [6.07, 6.45) is 0. The Labute approximate surface area is 78.6 Å². The molecular weight excluding hydrogens is 195 g/mol. The van der Waals surface area contributed by atoms with Crippen molar-refractivity contribution in [1.29, 1.82) is 0 Å². The van der Waals surface area contributed by atoms with E-state index in [-0.39, 0.29) is 10.8 Å². The summed E-state index contributed by atoms with van der Waals surface area (Å²) in [5.41, 5.74) is 0. The maximum atomic E-state index is 12.9. The highest BCUT2D eigenvalue weighted by Gasteiger charge is 2.04. The van der Waals surface area contributed by atoms with Gasteiger partial charge in [-0.05, 0) is 30.5 Å². The van der Waals surface area contributed by atoms with Gasteiger partial charge in [0.05, 0.1) is 5.02 Å². The third-order valence-electron chi connectivity index (χ3n) is 1.68. The summed E-state index contributed by atoms with van der Waals surface area (Å²) < 4.78 is 13.9. The number of benzene rings is 1. The van der Waals surface area contributed by atoms with Gasteiger partial charge in [-0.25, -0.2) is 4.39 Å². The molecule has 0 amide bonds. The molecule has 2 rings (SSSR count). The molecule has 0 N–H and O–H groups in total. The summed E-state index contributed by atoms with van der Waals surface area (Å²) in [5.74, 6) is -0.342. The summed E-state index contributed by atoms with van der Waals surface area (Å²) in [6, 6.07) is 5.15. The molecule has 0 aliphatic rings. The van der Waals surface area contributed by atoms with Gasteiger partial charge in [-0.15, -0.1) is 11.3 Å². The summed E-state index contributed by atoms with van der Waals surface area (Å²) in [5, 5.41) is 1.21. The highest BCUT2D eigenvalue weighted by Crippen LogP contribution is 2.29. The zero-order valence-corrected chi connectivity index (χ0v) is 7.97. The second-order valence-corrected chi connectivity index (χ2v) is 4.36. The second kappa shape index (κ2) is 2.71. The second-order valence-electron chi connectivity index (χ2n) is 2.66. The minimum Gasteiger partial charge on any atom is -0.205 e. The summed E-state index contributed by atoms with van der Waals surface area (Å²) in [7, 11) is 0. The fourth-order valence-electron chi connectivity index (χ4n) is 1.17. The van der Waals surface area contributed by atoms with Crippen LogP contribution in [-0.4, -0.2) is 0 Å². The lowest BCUT2D eigenvalue weighted by Crippen LogP contribution is -1.73. The monoisotopic (exact) mass is 200 g/mol. The Balaban J connectivity index is 2.83. The molecule has 0 saturated heterocycles. The van der Waals surface area contributed by atoms with Crippen LogP contribution in [0.2, 0.25) is 5.02 Å². The molecule has 3 heteroatoms. The first-order valence-electron chi connectivity index (χ1n) is 3.52. The molecule has 0 spiro atoms. The molecule has 0 bridgehead atoms. The maximum Gasteiger partial charge on any atom is 0.143 e. The zero-order valence-electron chi connectivity index (χ0n) is 6.40. The van der Waals surface area contributed by atoms with Gasteiger partial charge in [0.2, 0.25) is 0 Å². The normalized spacial score (nSPS) is 10.9. The lowest BCUT2D eigenvalue weighted by molar-refractivity contribution is 0.630. The number of fused-ring (bicyclic) bond motifs is 1. The first-order chi connectivity index (χ1) is 5.66. The molecule has 1 aromatic heterocycles. The summed E-state index contributed by atoms with van der Waals surface area (Å²) >= 11 is 7.20. The van der Waals surface area contributed by atoms with Crippen LogP contribution in [0.15, 0.2) is 18.2 Å². The van der Waals surface area contributed by atoms with E-state index in [9.17, 15) is 4.39 Å². The minimum absolute atomic E-state index is 0.195. The first-order valence-corrected chi connectivity index (χ1v) is 4.71. The van der Waals surface area contributed by atoms with Crippen molar-refractivity contribution < 1.29 is 4.39 Å². The predicted molar refractivity (Wildman–Crippen MR) is 51.5 cm³/mol. The number of hydrogen-bond donors (Lipinski definition) is 0. The van der Waals surface area contributed by atoms with E-state index >= 15 is 0 Å². The molecule has 0 saturated carbocycles. The molecule has 0 radical (unpaired) electrons. The van der Waals surface area contributed by atoms with Crippen molar-refractivity contribution in [3.63, 3.8) is 0 Å². The Hall–Kier alpha value is -0.600. The van der Waals surface area contributed by atoms with E-state index in [0.717, 1.165) is 10.1 Å². The summed E-state index contributed by atoms with van der Waals surface area (Å²) in [4.78, 5) is 1.17. The maximum absolute atomic E-state index is 12.9. The van der Waals surface area contributed by atoms with Crippen molar-refractivity contribution >= 4 is 33.0 Å². The van der Waals surface area contributed by atoms with Crippen molar-refractivity contribution in [2.45, 2.75) is 6.92 Å². The third-order valence-corrected chi connectivity index (χ3v) is 2.99. The predicted octanol–water partition coefficient (Wildman–Crippen LogP) is 4.00. The van der Waals surface area contributed by atoms with E-state index in [0.29, 0.717) is 0 Å². The Kier molecular flexibility index (Phi) is 1.81. The molecule has 1 aromatic carbocycles. The minimum atomic E-state index is -0.342. The third kappa shape index (κ3) is 1.21. The van der Waals surface area contributed by atoms with Crippen LogP contribution in [0.3, 0.4) is 0 Å². The van der Waals surface area contributed by atoms with E-state index in [2.05, 4.69) is 0 Å². The van der Waals surface area contributed by atoms with E-state index < -0.39 is 0 Å². The van der Waals surface area contributed by atoms with Gasteiger partial charge in [-0.2, -0.15) is 0 Å². The van der Waals surface area contributed by atoms with Gasteiger partial charge >= 0.3 is 0 Å². The number of thiophene rings is 1. The van der Waals surface area contributed by atoms with Crippen molar-refractivity contribution in [3.8, 4) is 0 Å². The Morgan fingerprint density at radius 3 is 2.83 bits per heavy atom. The van der Waals surface area contributed by atoms with Crippen molar-refractivity contribution in [2.24, 2.45) is 0 Å². The highest BCUT2D eigenvalue weighted by atomic mass is 35.5. The standard InChI is InChI=1S/C9H6ClFS/c1-5-2-6-3-7(10)8(11)4-9(6)12-5/h2-4H,1H3. The van der Waals surface area contributed by atoms with Crippen LogP contribution >= 0.6 is 22.9 Å². The lowest BCUT2D eigenvalue weighted by atomic mass is 10.2. The smallest absolute Gasteiger partial charge is 0.143 e. The quantitative estimate of drug-likeness (QED) is 0.603. The molecular formula is C9H6ClFS. The molecule has 0 aliphatic heterocycles. The van der Waals surface area contributed by atoms with E-state index in [1.807, 2.05) is 13.0 Å². The number of hydrogen-bond acceptors (Lipinski definition) is 1. The number of rotatable bonds is 0. The molecule has 1 heterocycles. The average Bonchev–Trinajstić information content (AvgIpc) is 2.30. The van der Waals surface area contributed by atoms with E-state index in [1.54, 1.807) is 17.4 Å². The molecule has 12 heavy (non-hydrogen) atoms. The Bertz CT molecular complexity index is 394. The van der Waals surface area contributed by atoms with Gasteiger partial charge in [0, 0.05) is 9.58 Å². The molecule has 2 aromatic rings. The van der Waals surface area contributed by atoms with E-state index in [1.165, 1.54) is 10.9 Å². The number of aryl methyl sites for hydroxylation is 1. The topological polar surface area (TPSA) is 0 Å². The molecule has 62 valence electrons. The largest absolute Gasteiger partial charge is 0.205 e. The molecule has 0 fully saturated rings. The fourth-order valence-corrected chi connectivity index (χ4v) is 2.27. The van der Waals surface area contributed by atoms with Gasteiger partial charge in [0.25, 0.3) is 0 Å². The molecule has 0 unspecified atom stereocenters. The Morgan fingerprint density at radius 2 is 2.08 bits per heavy atom. The van der Waals surface area contributed by atoms with Crippen molar-refractivity contribution in [3.05, 3.63) is 33.9 Å². The molecule has 0 aliphatic carbocycles. The SMILES string of the molecule is Cc1cc2cc(Cl)c(F)cc2s1. The van der Waals surface area contributed by atoms with Crippen LogP contribution in [0, 0.1) is 12.7 Å². The summed E-state index contributed by atoms with van der Waals surface area (Å²) in [6.45, 7) is 2.00. The first kappa shape index (κ1) is 8.02. The van der Waals surface area contributed by atoms with Crippen molar-refractivity contribution in [1.82, 2.24) is 0 Å². The van der Waals surface area contributed by atoms with Crippen LogP contribution in [0.1, 0.15) is 4.88 Å². The Morgan fingerprint density at radius 1 is 1.33 bits per heavy atom. The van der Waals surface area contributed by atoms with Crippen molar-refractivity contribution in [2.75, 3.05) is 0 Å². The van der Waals surface area contributed by atoms with Gasteiger partial charge in [0.15, 0.2) is 0 Å². The lowest BCUT2D eigenvalue weighted by Gasteiger charge is -1.92. The van der Waals surface area contributed by atoms with E-state index in [4.69, 9.17) is 11.6 Å². The van der Waals surface area contributed by atoms with Crippen LogP contribution in [-0.2, 0) is 0 Å². The zero-order chi connectivity index (χ0) is 8.72. The highest BCUT2D eigenvalue weighted by molar-refractivity contribution is 7.19. The van der Waals surface area contributed by atoms with Gasteiger partial charge in [0.1, 0.15) is 5.82 Å². The van der Waals surface area contributed by atoms with Gasteiger partial charge < -0.3 is 0 Å². The fraction of sp³-hybridized carbons (Fsp3) is 0.111. The van der Waals surface area contributed by atoms with Crippen LogP contribution < -0.4 is 0 Å². The molecule has 0 atom stereocenters. The van der Waals surface area contributed by atoms with Crippen LogP contribution in [0.5, 0.6) is 0 Å². The molecule has 0 nitrogen and oxygen atoms in total. The average molecular weight is 201 g/mol. The van der Waals surface area contributed by atoms with Gasteiger partial charge in [-0.1, -0.05) is 11.6 Å². The number of halogens is 2. The van der Waals surface area contributed by atoms with Crippen LogP contribution in [0.4, 0.5) is 4.39 Å².